The molecule has 0 atom stereocenters. The summed E-state index contributed by atoms with van der Waals surface area (Å²) in [5.74, 6) is -0.245. The first-order valence-corrected chi connectivity index (χ1v) is 9.24. The van der Waals surface area contributed by atoms with Gasteiger partial charge in [0.05, 0.1) is 0 Å². The van der Waals surface area contributed by atoms with E-state index < -0.39 is 5.91 Å². The fourth-order valence-electron chi connectivity index (χ4n) is 3.52. The number of carbonyl (C=O) groups is 2. The first-order chi connectivity index (χ1) is 13.6. The quantitative estimate of drug-likeness (QED) is 0.730. The fourth-order valence-corrected chi connectivity index (χ4v) is 3.52. The van der Waals surface area contributed by atoms with E-state index in [-0.39, 0.29) is 11.8 Å². The molecule has 4 rings (SSSR count). The second-order valence-corrected chi connectivity index (χ2v) is 7.05. The minimum Gasteiger partial charge on any atom is -0.324 e. The largest absolute Gasteiger partial charge is 0.324 e. The predicted octanol–water partition coefficient (Wildman–Crippen LogP) is 2.90. The molecule has 28 heavy (non-hydrogen) atoms. The van der Waals surface area contributed by atoms with E-state index in [0.717, 1.165) is 24.8 Å². The Kier molecular flexibility index (Phi) is 5.01. The van der Waals surface area contributed by atoms with Crippen molar-refractivity contribution >= 4 is 23.0 Å². The number of aromatic amines is 1. The highest BCUT2D eigenvalue weighted by Crippen LogP contribution is 2.22. The van der Waals surface area contributed by atoms with Crippen molar-refractivity contribution in [3.63, 3.8) is 0 Å². The number of halogens is 1. The molecule has 2 N–H and O–H groups in total. The molecule has 3 amide bonds. The highest BCUT2D eigenvalue weighted by Gasteiger charge is 2.24. The lowest BCUT2D eigenvalue weighted by Crippen LogP contribution is -2.46. The Balaban J connectivity index is 1.29. The van der Waals surface area contributed by atoms with Crippen LogP contribution in [0, 0.1) is 11.7 Å². The number of aromatic nitrogens is 3. The molecule has 7 nitrogen and oxygen atoms in total. The lowest BCUT2D eigenvalue weighted by molar-refractivity contribution is 0.0945. The van der Waals surface area contributed by atoms with Crippen LogP contribution in [0.25, 0.3) is 11.0 Å². The van der Waals surface area contributed by atoms with E-state index in [1.54, 1.807) is 35.2 Å². The van der Waals surface area contributed by atoms with Crippen molar-refractivity contribution in [3.8, 4) is 0 Å². The number of benzene rings is 2. The molecule has 3 aromatic rings. The first kappa shape index (κ1) is 18.1. The summed E-state index contributed by atoms with van der Waals surface area (Å²) < 4.78 is 13.0. The van der Waals surface area contributed by atoms with Crippen molar-refractivity contribution in [3.05, 3.63) is 59.4 Å². The number of nitrogens with zero attached hydrogens (tertiary/aromatic N) is 3. The summed E-state index contributed by atoms with van der Waals surface area (Å²) >= 11 is 0. The van der Waals surface area contributed by atoms with E-state index in [1.165, 1.54) is 12.1 Å². The molecular formula is C20H20FN5O2. The third-order valence-corrected chi connectivity index (χ3v) is 5.14. The minimum atomic E-state index is -0.455. The number of piperidine rings is 1. The van der Waals surface area contributed by atoms with Crippen LogP contribution >= 0.6 is 0 Å². The molecule has 2 aromatic carbocycles. The zero-order valence-electron chi connectivity index (χ0n) is 15.2. The zero-order valence-corrected chi connectivity index (χ0v) is 15.2. The molecule has 0 radical (unpaired) electrons. The van der Waals surface area contributed by atoms with E-state index in [0.29, 0.717) is 35.6 Å². The van der Waals surface area contributed by atoms with Gasteiger partial charge in [0.1, 0.15) is 16.9 Å². The van der Waals surface area contributed by atoms with Crippen molar-refractivity contribution in [2.45, 2.75) is 19.3 Å². The van der Waals surface area contributed by atoms with Crippen molar-refractivity contribution < 1.29 is 14.0 Å². The lowest BCUT2D eigenvalue weighted by atomic mass is 9.90. The van der Waals surface area contributed by atoms with Crippen molar-refractivity contribution in [1.29, 1.82) is 0 Å². The molecule has 1 aliphatic heterocycles. The van der Waals surface area contributed by atoms with Gasteiger partial charge < -0.3 is 4.90 Å². The predicted molar refractivity (Wildman–Crippen MR) is 101 cm³/mol. The van der Waals surface area contributed by atoms with Gasteiger partial charge in [-0.25, -0.2) is 9.18 Å². The number of hydrogen-bond donors (Lipinski definition) is 2. The zero-order chi connectivity index (χ0) is 19.5. The van der Waals surface area contributed by atoms with Crippen molar-refractivity contribution in [1.82, 2.24) is 25.6 Å². The smallest absolute Gasteiger partial charge is 0.324 e. The number of hydrogen-bond acceptors (Lipinski definition) is 4. The van der Waals surface area contributed by atoms with Crippen LogP contribution in [0.4, 0.5) is 9.18 Å². The minimum absolute atomic E-state index is 0.234. The van der Waals surface area contributed by atoms with Gasteiger partial charge in [-0.05, 0) is 61.1 Å². The van der Waals surface area contributed by atoms with E-state index in [9.17, 15) is 14.0 Å². The molecule has 1 saturated heterocycles. The molecular weight excluding hydrogens is 361 g/mol. The monoisotopic (exact) mass is 381 g/mol. The number of carbonyl (C=O) groups excluding carboxylic acids is 2. The number of urea groups is 1. The number of rotatable bonds is 3. The highest BCUT2D eigenvalue weighted by atomic mass is 19.1. The average molecular weight is 381 g/mol. The van der Waals surface area contributed by atoms with Gasteiger partial charge in [0.15, 0.2) is 0 Å². The van der Waals surface area contributed by atoms with Crippen LogP contribution in [0.15, 0.2) is 42.5 Å². The maximum Gasteiger partial charge on any atom is 0.324 e. The molecule has 8 heteroatoms. The molecule has 0 unspecified atom stereocenters. The summed E-state index contributed by atoms with van der Waals surface area (Å²) in [7, 11) is 0. The van der Waals surface area contributed by atoms with Crippen LogP contribution in [0.2, 0.25) is 0 Å². The van der Waals surface area contributed by atoms with Crippen LogP contribution < -0.4 is 5.32 Å². The Labute approximate surface area is 160 Å². The Morgan fingerprint density at radius 2 is 1.79 bits per heavy atom. The van der Waals surface area contributed by atoms with E-state index >= 15 is 0 Å². The van der Waals surface area contributed by atoms with Crippen LogP contribution in [0.3, 0.4) is 0 Å². The van der Waals surface area contributed by atoms with Gasteiger partial charge >= 0.3 is 6.03 Å². The first-order valence-electron chi connectivity index (χ1n) is 9.24. The van der Waals surface area contributed by atoms with Crippen LogP contribution in [0.5, 0.6) is 0 Å². The summed E-state index contributed by atoms with van der Waals surface area (Å²) in [5, 5.41) is 12.8. The van der Waals surface area contributed by atoms with Gasteiger partial charge in [-0.1, -0.05) is 12.1 Å². The molecule has 1 aromatic heterocycles. The molecule has 0 saturated carbocycles. The third-order valence-electron chi connectivity index (χ3n) is 5.14. The van der Waals surface area contributed by atoms with Gasteiger partial charge in [0.25, 0.3) is 5.91 Å². The molecule has 1 aliphatic rings. The number of imide groups is 1. The van der Waals surface area contributed by atoms with Gasteiger partial charge in [0.2, 0.25) is 0 Å². The molecule has 0 spiro atoms. The SMILES string of the molecule is O=C(NC(=O)N1CCC(Cc2ccc(F)cc2)CC1)c1ccc2n[nH]nc2c1. The molecule has 2 heterocycles. The average Bonchev–Trinajstić information content (AvgIpc) is 3.18. The van der Waals surface area contributed by atoms with Crippen molar-refractivity contribution in [2.24, 2.45) is 5.92 Å². The van der Waals surface area contributed by atoms with Crippen LogP contribution in [-0.2, 0) is 6.42 Å². The molecule has 0 bridgehead atoms. The topological polar surface area (TPSA) is 91.0 Å². The summed E-state index contributed by atoms with van der Waals surface area (Å²) in [6.45, 7) is 1.18. The number of H-pyrrole nitrogens is 1. The Morgan fingerprint density at radius 3 is 2.54 bits per heavy atom. The number of nitrogens with one attached hydrogen (secondary N) is 2. The molecule has 0 aliphatic carbocycles. The highest BCUT2D eigenvalue weighted by molar-refractivity contribution is 6.05. The number of likely N-dealkylation sites (tertiary alicyclic amines) is 1. The number of fused-ring (bicyclic) bond motifs is 1. The second kappa shape index (κ2) is 7.75. The summed E-state index contributed by atoms with van der Waals surface area (Å²) in [6.07, 6.45) is 2.57. The molecule has 144 valence electrons. The normalized spacial score (nSPS) is 15.0. The summed E-state index contributed by atoms with van der Waals surface area (Å²) in [4.78, 5) is 26.4. The van der Waals surface area contributed by atoms with Crippen molar-refractivity contribution in [2.75, 3.05) is 13.1 Å². The Morgan fingerprint density at radius 1 is 1.07 bits per heavy atom. The third kappa shape index (κ3) is 4.00. The van der Waals surface area contributed by atoms with E-state index in [4.69, 9.17) is 0 Å². The summed E-state index contributed by atoms with van der Waals surface area (Å²) in [6, 6.07) is 11.1. The fraction of sp³-hybridized carbons (Fsp3) is 0.300. The van der Waals surface area contributed by atoms with E-state index in [1.807, 2.05) is 0 Å². The maximum absolute atomic E-state index is 13.0. The van der Waals surface area contributed by atoms with Crippen LogP contribution in [0.1, 0.15) is 28.8 Å². The standard InChI is InChI=1S/C20H20FN5O2/c21-16-4-1-13(2-5-16)11-14-7-9-26(10-8-14)20(28)22-19(27)15-3-6-17-18(12-15)24-25-23-17/h1-6,12,14H,7-11H2,(H,22,27,28)(H,23,24,25). The van der Waals surface area contributed by atoms with Gasteiger partial charge in [-0.3, -0.25) is 10.1 Å². The Bertz CT molecular complexity index is 993. The number of amides is 3. The summed E-state index contributed by atoms with van der Waals surface area (Å²) in [5.41, 5.74) is 2.69. The lowest BCUT2D eigenvalue weighted by Gasteiger charge is -2.31. The van der Waals surface area contributed by atoms with Crippen LogP contribution in [-0.4, -0.2) is 45.3 Å². The Hall–Kier alpha value is -3.29. The van der Waals surface area contributed by atoms with Gasteiger partial charge in [-0.2, -0.15) is 15.4 Å². The van der Waals surface area contributed by atoms with Gasteiger partial charge in [-0.15, -0.1) is 0 Å². The molecule has 1 fully saturated rings. The second-order valence-electron chi connectivity index (χ2n) is 7.05. The maximum atomic E-state index is 13.0. The van der Waals surface area contributed by atoms with Gasteiger partial charge in [0, 0.05) is 18.7 Å². The van der Waals surface area contributed by atoms with E-state index in [2.05, 4.69) is 20.7 Å².